The van der Waals surface area contributed by atoms with Crippen LogP contribution in [-0.4, -0.2) is 75.1 Å². The molecule has 2 saturated heterocycles. The lowest BCUT2D eigenvalue weighted by molar-refractivity contribution is -0.223. The first kappa shape index (κ1) is 28.5. The summed E-state index contributed by atoms with van der Waals surface area (Å²) in [4.78, 5) is 20.3. The first-order valence-electron chi connectivity index (χ1n) is 14.4. The number of ether oxygens (including phenoxy) is 1. The number of halogens is 4. The van der Waals surface area contributed by atoms with Gasteiger partial charge in [0.15, 0.2) is 0 Å². The van der Waals surface area contributed by atoms with Crippen molar-refractivity contribution in [1.82, 2.24) is 14.8 Å². The van der Waals surface area contributed by atoms with Crippen LogP contribution in [0.25, 0.3) is 0 Å². The van der Waals surface area contributed by atoms with Crippen molar-refractivity contribution in [2.24, 2.45) is 11.8 Å². The number of hydrogen-bond donors (Lipinski definition) is 2. The molecule has 6 rings (SSSR count). The molecule has 41 heavy (non-hydrogen) atoms. The number of fused-ring (bicyclic) bond motifs is 1. The third-order valence-electron chi connectivity index (χ3n) is 9.64. The van der Waals surface area contributed by atoms with Gasteiger partial charge in [-0.15, -0.1) is 0 Å². The minimum absolute atomic E-state index is 0.00529. The first-order chi connectivity index (χ1) is 19.5. The highest BCUT2D eigenvalue weighted by molar-refractivity contribution is 5.72. The Balaban J connectivity index is 1.13. The van der Waals surface area contributed by atoms with E-state index < -0.39 is 35.5 Å². The van der Waals surface area contributed by atoms with E-state index in [0.29, 0.717) is 56.8 Å². The number of aromatic nitrogens is 1. The van der Waals surface area contributed by atoms with Gasteiger partial charge in [0.1, 0.15) is 17.6 Å². The summed E-state index contributed by atoms with van der Waals surface area (Å²) in [6.07, 6.45) is -0.314. The van der Waals surface area contributed by atoms with Gasteiger partial charge in [0.2, 0.25) is 0 Å². The highest BCUT2D eigenvalue weighted by Crippen LogP contribution is 2.50. The number of hydrogen-bond acceptors (Lipinski definition) is 6. The summed E-state index contributed by atoms with van der Waals surface area (Å²) in [5.41, 5.74) is 0.345. The summed E-state index contributed by atoms with van der Waals surface area (Å²) in [5.74, 6) is -1.88. The van der Waals surface area contributed by atoms with Crippen molar-refractivity contribution in [3.63, 3.8) is 0 Å². The number of nitrogens with zero attached hydrogens (tertiary/aromatic N) is 3. The monoisotopic (exact) mass is 577 g/mol. The number of carbonyl (C=O) groups is 1. The van der Waals surface area contributed by atoms with Crippen molar-refractivity contribution in [2.75, 3.05) is 26.2 Å². The van der Waals surface area contributed by atoms with Crippen molar-refractivity contribution in [1.29, 1.82) is 0 Å². The molecular weight excluding hydrogens is 542 g/mol. The Labute approximate surface area is 236 Å². The Morgan fingerprint density at radius 3 is 2.51 bits per heavy atom. The van der Waals surface area contributed by atoms with E-state index in [1.54, 1.807) is 12.1 Å². The standard InChI is InChI=1S/C30H35F4N3O4/c31-22-5-1-18(2-6-22)24-8-11-36(16-25(24)27(38)39)23-7-10-29(41-17-23,20-3-4-20)28(40)37-12-9-26-19(15-37)13-21(14-35-26)30(32,33)34/h1-2,5-6,13-14,20,23-25,28,40H,3-4,7-12,15-17H2,(H,38,39)/t23?,24?,25-,28?,29+/m1/s1. The third-order valence-corrected chi connectivity index (χ3v) is 9.64. The number of piperidine rings is 1. The maximum Gasteiger partial charge on any atom is 0.417 e. The average Bonchev–Trinajstić information content (AvgIpc) is 3.82. The molecule has 7 nitrogen and oxygen atoms in total. The minimum Gasteiger partial charge on any atom is -0.481 e. The summed E-state index contributed by atoms with van der Waals surface area (Å²) in [6, 6.07) is 7.21. The smallest absolute Gasteiger partial charge is 0.417 e. The second-order valence-corrected chi connectivity index (χ2v) is 12.0. The molecule has 0 spiro atoms. The molecule has 222 valence electrons. The molecule has 4 aliphatic rings. The maximum atomic E-state index is 13.4. The number of aliphatic hydroxyl groups excluding tert-OH is 1. The Morgan fingerprint density at radius 1 is 1.12 bits per heavy atom. The summed E-state index contributed by atoms with van der Waals surface area (Å²) in [7, 11) is 0. The molecule has 3 fully saturated rings. The van der Waals surface area contributed by atoms with E-state index >= 15 is 0 Å². The maximum absolute atomic E-state index is 13.4. The van der Waals surface area contributed by atoms with Gasteiger partial charge >= 0.3 is 12.1 Å². The number of carboxylic acids is 1. The van der Waals surface area contributed by atoms with E-state index in [2.05, 4.69) is 9.88 Å². The van der Waals surface area contributed by atoms with Crippen LogP contribution in [0.5, 0.6) is 0 Å². The van der Waals surface area contributed by atoms with Crippen molar-refractivity contribution < 1.29 is 37.3 Å². The zero-order valence-electron chi connectivity index (χ0n) is 22.7. The Kier molecular flexibility index (Phi) is 7.59. The molecule has 1 saturated carbocycles. The molecule has 0 bridgehead atoms. The molecule has 2 aromatic rings. The lowest BCUT2D eigenvalue weighted by Crippen LogP contribution is -2.61. The summed E-state index contributed by atoms with van der Waals surface area (Å²) < 4.78 is 59.8. The molecule has 3 unspecified atom stereocenters. The van der Waals surface area contributed by atoms with Gasteiger partial charge in [-0.25, -0.2) is 4.39 Å². The van der Waals surface area contributed by atoms with Crippen molar-refractivity contribution >= 4 is 5.97 Å². The molecule has 0 amide bonds. The second-order valence-electron chi connectivity index (χ2n) is 12.0. The average molecular weight is 578 g/mol. The van der Waals surface area contributed by atoms with E-state index in [9.17, 15) is 32.6 Å². The molecule has 1 aromatic heterocycles. The SMILES string of the molecule is O=C(O)[C@@H]1CN(C2CC[C@](C3CC3)(C(O)N3CCc4ncc(C(F)(F)F)cc4C3)OC2)CCC1c1ccc(F)cc1. The number of carboxylic acid groups (broad SMARTS) is 1. The zero-order valence-corrected chi connectivity index (χ0v) is 22.7. The Bertz CT molecular complexity index is 1260. The van der Waals surface area contributed by atoms with Gasteiger partial charge in [-0.3, -0.25) is 19.6 Å². The number of rotatable bonds is 6. The molecule has 5 atom stereocenters. The van der Waals surface area contributed by atoms with Crippen LogP contribution in [-0.2, 0) is 28.7 Å². The molecular formula is C30H35F4N3O4. The summed E-state index contributed by atoms with van der Waals surface area (Å²) >= 11 is 0. The van der Waals surface area contributed by atoms with E-state index in [0.717, 1.165) is 37.1 Å². The van der Waals surface area contributed by atoms with Crippen LogP contribution in [0.1, 0.15) is 60.4 Å². The zero-order chi connectivity index (χ0) is 28.9. The third kappa shape index (κ3) is 5.61. The minimum atomic E-state index is -4.48. The fraction of sp³-hybridized carbons (Fsp3) is 0.600. The van der Waals surface area contributed by atoms with Gasteiger partial charge in [0.05, 0.1) is 18.1 Å². The van der Waals surface area contributed by atoms with E-state index in [-0.39, 0.29) is 30.2 Å². The fourth-order valence-electron chi connectivity index (χ4n) is 7.18. The van der Waals surface area contributed by atoms with Crippen LogP contribution < -0.4 is 0 Å². The molecule has 1 aromatic carbocycles. The number of pyridine rings is 1. The van der Waals surface area contributed by atoms with Crippen LogP contribution in [0.4, 0.5) is 17.6 Å². The normalized spacial score (nSPS) is 30.5. The Hall–Kier alpha value is -2.60. The van der Waals surface area contributed by atoms with E-state index in [1.165, 1.54) is 12.1 Å². The van der Waals surface area contributed by atoms with Crippen LogP contribution in [0.15, 0.2) is 36.5 Å². The topological polar surface area (TPSA) is 86.1 Å². The second kappa shape index (κ2) is 10.9. The van der Waals surface area contributed by atoms with Crippen LogP contribution in [0, 0.1) is 17.7 Å². The molecule has 2 N–H and O–H groups in total. The predicted octanol–water partition coefficient (Wildman–Crippen LogP) is 4.43. The number of alkyl halides is 3. The fourth-order valence-corrected chi connectivity index (χ4v) is 7.18. The summed E-state index contributed by atoms with van der Waals surface area (Å²) in [6.45, 7) is 2.06. The van der Waals surface area contributed by atoms with Gasteiger partial charge in [0.25, 0.3) is 0 Å². The van der Waals surface area contributed by atoms with Crippen LogP contribution in [0.3, 0.4) is 0 Å². The number of aliphatic carboxylic acids is 1. The molecule has 11 heteroatoms. The number of likely N-dealkylation sites (tertiary alicyclic amines) is 1. The van der Waals surface area contributed by atoms with E-state index in [1.807, 2.05) is 4.90 Å². The molecule has 4 heterocycles. The molecule has 1 aliphatic carbocycles. The quantitative estimate of drug-likeness (QED) is 0.492. The highest BCUT2D eigenvalue weighted by atomic mass is 19.4. The largest absolute Gasteiger partial charge is 0.481 e. The lowest BCUT2D eigenvalue weighted by Gasteiger charge is -2.50. The van der Waals surface area contributed by atoms with Gasteiger partial charge in [-0.1, -0.05) is 12.1 Å². The highest BCUT2D eigenvalue weighted by Gasteiger charge is 2.55. The van der Waals surface area contributed by atoms with Gasteiger partial charge in [-0.2, -0.15) is 13.2 Å². The van der Waals surface area contributed by atoms with Crippen LogP contribution in [0.2, 0.25) is 0 Å². The molecule has 3 aliphatic heterocycles. The van der Waals surface area contributed by atoms with Gasteiger partial charge < -0.3 is 14.9 Å². The van der Waals surface area contributed by atoms with E-state index in [4.69, 9.17) is 4.74 Å². The van der Waals surface area contributed by atoms with Gasteiger partial charge in [0, 0.05) is 44.0 Å². The van der Waals surface area contributed by atoms with Gasteiger partial charge in [-0.05, 0) is 79.8 Å². The molecule has 0 radical (unpaired) electrons. The predicted molar refractivity (Wildman–Crippen MR) is 140 cm³/mol. The Morgan fingerprint density at radius 2 is 1.88 bits per heavy atom. The number of aliphatic hydroxyl groups is 1. The first-order valence-corrected chi connectivity index (χ1v) is 14.4. The van der Waals surface area contributed by atoms with Crippen LogP contribution >= 0.6 is 0 Å². The van der Waals surface area contributed by atoms with Crippen molar-refractivity contribution in [3.05, 3.63) is 64.7 Å². The van der Waals surface area contributed by atoms with Crippen molar-refractivity contribution in [3.8, 4) is 0 Å². The summed E-state index contributed by atoms with van der Waals surface area (Å²) in [5, 5.41) is 21.7. The lowest BCUT2D eigenvalue weighted by atomic mass is 9.79. The van der Waals surface area contributed by atoms with Crippen molar-refractivity contribution in [2.45, 2.75) is 75.0 Å². The number of benzene rings is 1.